The third-order valence-electron chi connectivity index (χ3n) is 17.5. The van der Waals surface area contributed by atoms with Gasteiger partial charge in [-0.3, -0.25) is 13.7 Å². The summed E-state index contributed by atoms with van der Waals surface area (Å²) in [5.74, 6) is 1.04. The SMILES string of the molecule is [2H]c1c([2H])c([2H])c([Si](c2c([2H])c([2H])c([2H])c([2H])c2[2H])(c2c([2H])c([2H])c([2H])c([2H])c2[2H])c2c([2H])c([2H])c([2H])c(-c3cc(C45CC(C4)C5)cc(-c4c([2H])c([2H])c5c(c4[2H])C(C([2H])([2H])[2H])(C([2H])([2H])[2H])C([2H])([2H])C([2H])([2H])C5(C([2H])([2H])[2H])C([2H])([2H])[2H])c3-[n+]3[c-]n(-c4cccc(Oc5ccc6c7ccccc7n(-c7cc(C(C)(C)C)ccn7)c6c5)c4)c4ccccc43)c2[2H])c([2H])c1[2H]. The first-order valence-electron chi connectivity index (χ1n) is 47.8. The zero-order valence-corrected chi connectivity index (χ0v) is 48.9. The predicted molar refractivity (Wildman–Crippen MR) is 370 cm³/mol. The minimum atomic E-state index is -6.73. The van der Waals surface area contributed by atoms with Gasteiger partial charge in [-0.2, -0.15) is 0 Å². The highest BCUT2D eigenvalue weighted by Gasteiger charge is 2.57. The van der Waals surface area contributed by atoms with Crippen LogP contribution in [0.4, 0.5) is 0 Å². The van der Waals surface area contributed by atoms with Crippen LogP contribution in [-0.4, -0.2) is 22.2 Å². The number of para-hydroxylation sites is 3. The van der Waals surface area contributed by atoms with Crippen LogP contribution in [0.15, 0.2) is 254 Å². The molecule has 0 amide bonds. The number of fused-ring (bicyclic) bond motifs is 5. The molecule has 2 bridgehead atoms. The van der Waals surface area contributed by atoms with Crippen molar-refractivity contribution in [3.05, 3.63) is 283 Å². The molecule has 0 N–H and O–H groups in total. The molecule has 89 heavy (non-hydrogen) atoms. The Morgan fingerprint density at radius 3 is 1.87 bits per heavy atom. The van der Waals surface area contributed by atoms with Crippen LogP contribution in [0.3, 0.4) is 0 Å². The highest BCUT2D eigenvalue weighted by atomic mass is 28.3. The molecule has 5 nitrogen and oxygen atoms in total. The van der Waals surface area contributed by atoms with Crippen molar-refractivity contribution < 1.29 is 61.4 Å². The summed E-state index contributed by atoms with van der Waals surface area (Å²) >= 11 is 0. The number of benzene rings is 10. The normalized spacial score (nSPS) is 25.3. The first-order valence-corrected chi connectivity index (χ1v) is 30.8. The van der Waals surface area contributed by atoms with E-state index in [1.54, 1.807) is 48.7 Å². The summed E-state index contributed by atoms with van der Waals surface area (Å²) in [7, 11) is -6.73. The molecule has 4 aliphatic carbocycles. The van der Waals surface area contributed by atoms with E-state index in [0.717, 1.165) is 26.4 Å². The molecule has 0 saturated heterocycles. The summed E-state index contributed by atoms with van der Waals surface area (Å²) in [5, 5.41) is -3.18. The van der Waals surface area contributed by atoms with E-state index in [2.05, 4.69) is 27.1 Å². The Hall–Kier alpha value is -9.36. The minimum absolute atomic E-state index is 0.0466. The van der Waals surface area contributed by atoms with E-state index in [4.69, 9.17) is 22.1 Å². The number of imidazole rings is 1. The minimum Gasteiger partial charge on any atom is -0.458 e. The number of pyridine rings is 1. The van der Waals surface area contributed by atoms with Gasteiger partial charge < -0.3 is 4.74 Å². The molecule has 13 aromatic rings. The molecule has 0 atom stereocenters. The van der Waals surface area contributed by atoms with Crippen molar-refractivity contribution in [2.75, 3.05) is 0 Å². The average molecular weight is 1210 g/mol. The summed E-state index contributed by atoms with van der Waals surface area (Å²) in [6.07, 6.45) is -3.80. The first-order chi connectivity index (χ1) is 58.8. The van der Waals surface area contributed by atoms with Crippen LogP contribution in [0.25, 0.3) is 72.3 Å². The van der Waals surface area contributed by atoms with Crippen LogP contribution < -0.4 is 30.1 Å². The van der Waals surface area contributed by atoms with Crippen molar-refractivity contribution in [3.8, 4) is 50.9 Å². The van der Waals surface area contributed by atoms with E-state index in [0.29, 0.717) is 17.1 Å². The van der Waals surface area contributed by atoms with Crippen molar-refractivity contribution in [2.24, 2.45) is 5.92 Å². The van der Waals surface area contributed by atoms with E-state index in [-0.39, 0.29) is 58.6 Å². The lowest BCUT2D eigenvalue weighted by Gasteiger charge is -2.62. The second-order valence-corrected chi connectivity index (χ2v) is 27.5. The third kappa shape index (κ3) is 8.99. The van der Waals surface area contributed by atoms with Gasteiger partial charge in [0, 0.05) is 45.0 Å². The van der Waals surface area contributed by atoms with E-state index >= 15 is 0 Å². The Bertz CT molecular complexity index is 6670. The van der Waals surface area contributed by atoms with Crippen molar-refractivity contribution in [1.29, 1.82) is 0 Å². The van der Waals surface area contributed by atoms with Crippen LogP contribution in [0, 0.1) is 12.2 Å². The molecule has 0 spiro atoms. The fourth-order valence-electron chi connectivity index (χ4n) is 13.0. The van der Waals surface area contributed by atoms with Gasteiger partial charge in [-0.25, -0.2) is 4.98 Å². The van der Waals surface area contributed by atoms with Crippen molar-refractivity contribution >= 4 is 61.7 Å². The molecule has 10 aromatic carbocycles. The lowest BCUT2D eigenvalue weighted by Crippen LogP contribution is -2.74. The van der Waals surface area contributed by atoms with Gasteiger partial charge in [0.25, 0.3) is 6.33 Å². The fraction of sp³-hybridized carbons (Fsp3) is 0.205. The maximum atomic E-state index is 11.3. The molecule has 3 aromatic heterocycles. The fourth-order valence-corrected chi connectivity index (χ4v) is 16.6. The molecule has 6 heteroatoms. The van der Waals surface area contributed by atoms with E-state index in [1.807, 2.05) is 53.1 Å². The second kappa shape index (κ2) is 20.6. The van der Waals surface area contributed by atoms with Crippen LogP contribution >= 0.6 is 0 Å². The van der Waals surface area contributed by atoms with Gasteiger partial charge in [0.1, 0.15) is 17.3 Å². The zero-order chi connectivity index (χ0) is 93.2. The van der Waals surface area contributed by atoms with Gasteiger partial charge in [0.15, 0.2) is 8.07 Å². The molecule has 3 heterocycles. The van der Waals surface area contributed by atoms with Gasteiger partial charge in [0.2, 0.25) is 0 Å². The molecule has 3 fully saturated rings. The summed E-state index contributed by atoms with van der Waals surface area (Å²) in [4.78, 5) is 4.82. The predicted octanol–water partition coefficient (Wildman–Crippen LogP) is 17.4. The van der Waals surface area contributed by atoms with Gasteiger partial charge in [-0.1, -0.05) is 242 Å². The van der Waals surface area contributed by atoms with E-state index < -0.39 is 257 Å². The largest absolute Gasteiger partial charge is 0.458 e. The summed E-state index contributed by atoms with van der Waals surface area (Å²) in [6, 6.07) is 2.75. The molecule has 17 rings (SSSR count). The topological polar surface area (TPSA) is 35.9 Å². The maximum Gasteiger partial charge on any atom is 0.269 e. The van der Waals surface area contributed by atoms with Crippen molar-refractivity contribution in [1.82, 2.24) is 14.1 Å². The number of rotatable bonds is 12. The van der Waals surface area contributed by atoms with E-state index in [9.17, 15) is 39.8 Å². The average Bonchev–Trinajstić information content (AvgIpc) is 0.793. The van der Waals surface area contributed by atoms with Crippen molar-refractivity contribution in [3.63, 3.8) is 0 Å². The molecular weight excluding hydrogens is 1100 g/mol. The van der Waals surface area contributed by atoms with Gasteiger partial charge >= 0.3 is 0 Å². The molecule has 0 radical (unpaired) electrons. The Morgan fingerprint density at radius 1 is 0.584 bits per heavy atom. The smallest absolute Gasteiger partial charge is 0.269 e. The number of aromatic nitrogens is 4. The summed E-state index contributed by atoms with van der Waals surface area (Å²) < 4.78 is 378. The third-order valence-corrected chi connectivity index (χ3v) is 21.5. The second-order valence-electron chi connectivity index (χ2n) is 24.0. The van der Waals surface area contributed by atoms with Crippen molar-refractivity contribution in [2.45, 2.75) is 102 Å². The maximum absolute atomic E-state index is 11.3. The van der Waals surface area contributed by atoms with Gasteiger partial charge in [-0.15, -0.1) is 0 Å². The lowest BCUT2D eigenvalue weighted by molar-refractivity contribution is -0.571. The number of hydrogen-bond donors (Lipinski definition) is 0. The van der Waals surface area contributed by atoms with Crippen LogP contribution in [-0.2, 0) is 21.7 Å². The highest BCUT2D eigenvalue weighted by Crippen LogP contribution is 2.66. The Morgan fingerprint density at radius 2 is 1.20 bits per heavy atom. The quantitative estimate of drug-likeness (QED) is 0.0529. The van der Waals surface area contributed by atoms with Gasteiger partial charge in [-0.05, 0) is 173 Å². The Balaban J connectivity index is 1.10. The monoisotopic (exact) mass is 1210 g/mol. The zero-order valence-electron chi connectivity index (χ0n) is 85.9. The molecular formula is C83H74N4OSi. The number of nitrogens with zero attached hydrogens (tertiary/aromatic N) is 4. The van der Waals surface area contributed by atoms with Gasteiger partial charge in [0.05, 0.1) is 63.6 Å². The molecule has 3 saturated carbocycles. The summed E-state index contributed by atoms with van der Waals surface area (Å²) in [5.41, 5.74) is -15.9. The molecule has 0 unspecified atom stereocenters. The highest BCUT2D eigenvalue weighted by molar-refractivity contribution is 7.19. The van der Waals surface area contributed by atoms with E-state index in [1.165, 1.54) is 28.8 Å². The summed E-state index contributed by atoms with van der Waals surface area (Å²) in [6.45, 7) is -11.9. The Labute approximate surface area is 578 Å². The first kappa shape index (κ1) is 28.0. The van der Waals surface area contributed by atoms with Crippen LogP contribution in [0.2, 0.25) is 0 Å². The lowest BCUT2D eigenvalue weighted by atomic mass is 9.42. The Kier molecular flexibility index (Phi) is 6.48. The molecule has 0 aliphatic heterocycles. The molecule has 4 aliphatic rings. The van der Waals surface area contributed by atoms with Crippen LogP contribution in [0.1, 0.15) is 155 Å². The van der Waals surface area contributed by atoms with Crippen LogP contribution in [0.5, 0.6) is 11.5 Å². The number of hydrogen-bond acceptors (Lipinski definition) is 2. The standard InChI is InChI=1S/C83H74N4OSi/c1-80(2,3)59-41-44-84-78(49-59)87-74-34-18-17-33-68(74)69-39-38-63(51-77(69)87)88-62-25-22-24-61(50-62)85-55-86(76-36-20-19-35-75(76)85)79-70(47-60(83-52-56(53-83)54-83)48-71(79)58-37-40-72-73(46-58)82(6,7)43-42-81(72,4)5)57-23-21-32-67(45-57)89(64-26-11-8-12-27-64,65-28-13-9-14-29-65)66-30-15-10-16-31-66/h8-41,44-51,56H,42-43,52-54H2,1-7H3/i4D3,5D3,6D3,7D3,8D,9D,10D,11D,12D,13D,14D,15D,16D,21D,23D,26D,27D,28D,29D,30D,31D,32D,37D,40D,42D2,43D2,45D,46D. The number of ether oxygens (including phenoxy) is 1. The molecule has 436 valence electrons.